The van der Waals surface area contributed by atoms with Gasteiger partial charge in [-0.05, 0) is 18.6 Å². The van der Waals surface area contributed by atoms with E-state index in [0.717, 1.165) is 0 Å². The van der Waals surface area contributed by atoms with Crippen molar-refractivity contribution in [1.29, 1.82) is 0 Å². The quantitative estimate of drug-likeness (QED) is 0.687. The van der Waals surface area contributed by atoms with Crippen LogP contribution in [0.4, 0.5) is 8.78 Å². The number of carbonyl (C=O) groups excluding carboxylic acids is 1. The molecule has 6 nitrogen and oxygen atoms in total. The molecule has 0 saturated carbocycles. The first-order valence-electron chi connectivity index (χ1n) is 8.55. The summed E-state index contributed by atoms with van der Waals surface area (Å²) < 4.78 is 33.9. The maximum atomic E-state index is 13.5. The fraction of sp³-hybridized carbons (Fsp3) is 0.316. The summed E-state index contributed by atoms with van der Waals surface area (Å²) in [6, 6.07) is 1.64. The topological polar surface area (TPSA) is 59.7 Å². The molecule has 0 aromatic carbocycles. The van der Waals surface area contributed by atoms with Crippen LogP contribution in [0.5, 0.6) is 0 Å². The normalized spacial score (nSPS) is 17.2. The van der Waals surface area contributed by atoms with Crippen molar-refractivity contribution in [1.82, 2.24) is 14.7 Å². The van der Waals surface area contributed by atoms with Gasteiger partial charge in [-0.15, -0.1) is 0 Å². The fourth-order valence-corrected chi connectivity index (χ4v) is 2.92. The first kappa shape index (κ1) is 18.8. The van der Waals surface area contributed by atoms with E-state index in [1.165, 1.54) is 23.3 Å². The predicted octanol–water partition coefficient (Wildman–Crippen LogP) is 3.45. The number of carbonyl (C=O) groups is 1. The van der Waals surface area contributed by atoms with Crippen LogP contribution in [-0.4, -0.2) is 39.4 Å². The summed E-state index contributed by atoms with van der Waals surface area (Å²) in [7, 11) is 0. The standard InChI is InChI=1S/C19H20F2N4O2/c1-3-22-17(13(2)20)11-24-7-8-25-18(19(24)26)10-15(23-25)12-27-16-6-4-5-14(21)9-16/h3,5,9-10H,1-2,4,6-8,11-12H2. The Morgan fingerprint density at radius 2 is 2.26 bits per heavy atom. The molecular weight excluding hydrogens is 354 g/mol. The lowest BCUT2D eigenvalue weighted by Crippen LogP contribution is -2.43. The molecule has 1 aliphatic carbocycles. The molecule has 142 valence electrons. The predicted molar refractivity (Wildman–Crippen MR) is 97.3 cm³/mol. The van der Waals surface area contributed by atoms with Crippen LogP contribution in [0.1, 0.15) is 29.0 Å². The lowest BCUT2D eigenvalue weighted by molar-refractivity contribution is 0.0724. The van der Waals surface area contributed by atoms with Crippen molar-refractivity contribution in [3.63, 3.8) is 0 Å². The van der Waals surface area contributed by atoms with Gasteiger partial charge in [0, 0.05) is 25.2 Å². The maximum absolute atomic E-state index is 13.5. The van der Waals surface area contributed by atoms with Crippen LogP contribution in [0.15, 0.2) is 60.0 Å². The number of nitrogens with zero attached hydrogens (tertiary/aromatic N) is 4. The zero-order valence-corrected chi connectivity index (χ0v) is 14.8. The molecular formula is C19H20F2N4O2. The van der Waals surface area contributed by atoms with Crippen molar-refractivity contribution < 1.29 is 18.3 Å². The summed E-state index contributed by atoms with van der Waals surface area (Å²) in [4.78, 5) is 18.0. The Labute approximate surface area is 155 Å². The summed E-state index contributed by atoms with van der Waals surface area (Å²) in [6.45, 7) is 7.68. The number of aliphatic imine (C=N–C) groups is 1. The van der Waals surface area contributed by atoms with E-state index in [1.807, 2.05) is 0 Å². The minimum atomic E-state index is -0.696. The largest absolute Gasteiger partial charge is 0.491 e. The van der Waals surface area contributed by atoms with Crippen molar-refractivity contribution in [3.05, 3.63) is 66.4 Å². The molecule has 1 aliphatic heterocycles. The van der Waals surface area contributed by atoms with Gasteiger partial charge in [-0.2, -0.15) is 5.10 Å². The van der Waals surface area contributed by atoms with E-state index in [4.69, 9.17) is 4.74 Å². The van der Waals surface area contributed by atoms with Crippen LogP contribution in [-0.2, 0) is 17.9 Å². The van der Waals surface area contributed by atoms with E-state index in [-0.39, 0.29) is 30.6 Å². The molecule has 1 amide bonds. The molecule has 0 fully saturated rings. The average molecular weight is 374 g/mol. The zero-order chi connectivity index (χ0) is 19.4. The number of hydrogen-bond donors (Lipinski definition) is 0. The summed E-state index contributed by atoms with van der Waals surface area (Å²) >= 11 is 0. The van der Waals surface area contributed by atoms with Gasteiger partial charge in [-0.3, -0.25) is 14.5 Å². The van der Waals surface area contributed by atoms with Crippen LogP contribution >= 0.6 is 0 Å². The van der Waals surface area contributed by atoms with Gasteiger partial charge in [0.15, 0.2) is 0 Å². The highest BCUT2D eigenvalue weighted by atomic mass is 19.1. The highest BCUT2D eigenvalue weighted by molar-refractivity contribution is 6.03. The molecule has 0 radical (unpaired) electrons. The number of hydrogen-bond acceptors (Lipinski definition) is 4. The lowest BCUT2D eigenvalue weighted by Gasteiger charge is -2.27. The Kier molecular flexibility index (Phi) is 5.63. The molecule has 1 aromatic rings. The van der Waals surface area contributed by atoms with Gasteiger partial charge in [-0.25, -0.2) is 8.78 Å². The second-order valence-electron chi connectivity index (χ2n) is 6.16. The van der Waals surface area contributed by atoms with Crippen molar-refractivity contribution in [3.8, 4) is 0 Å². The van der Waals surface area contributed by atoms with Crippen molar-refractivity contribution in [2.45, 2.75) is 26.0 Å². The summed E-state index contributed by atoms with van der Waals surface area (Å²) in [6.07, 6.45) is 5.31. The third-order valence-corrected chi connectivity index (χ3v) is 4.25. The van der Waals surface area contributed by atoms with Gasteiger partial charge in [0.2, 0.25) is 0 Å². The Morgan fingerprint density at radius 3 is 2.96 bits per heavy atom. The van der Waals surface area contributed by atoms with Crippen LogP contribution in [0.3, 0.4) is 0 Å². The van der Waals surface area contributed by atoms with Gasteiger partial charge >= 0.3 is 0 Å². The van der Waals surface area contributed by atoms with E-state index >= 15 is 0 Å². The van der Waals surface area contributed by atoms with E-state index in [1.54, 1.807) is 10.7 Å². The van der Waals surface area contributed by atoms with E-state index in [0.29, 0.717) is 43.1 Å². The van der Waals surface area contributed by atoms with E-state index in [9.17, 15) is 13.6 Å². The molecule has 2 heterocycles. The van der Waals surface area contributed by atoms with Gasteiger partial charge in [0.25, 0.3) is 5.91 Å². The summed E-state index contributed by atoms with van der Waals surface area (Å²) in [5.41, 5.74) is 1.03. The molecule has 3 rings (SSSR count). The van der Waals surface area contributed by atoms with E-state index < -0.39 is 5.83 Å². The molecule has 2 aliphatic rings. The summed E-state index contributed by atoms with van der Waals surface area (Å²) in [5, 5.41) is 4.36. The third-order valence-electron chi connectivity index (χ3n) is 4.25. The summed E-state index contributed by atoms with van der Waals surface area (Å²) in [5.74, 6) is -0.722. The van der Waals surface area contributed by atoms with E-state index in [2.05, 4.69) is 23.2 Å². The molecule has 8 heteroatoms. The second-order valence-corrected chi connectivity index (χ2v) is 6.16. The van der Waals surface area contributed by atoms with Gasteiger partial charge in [0.05, 0.1) is 24.6 Å². The second kappa shape index (κ2) is 8.11. The molecule has 0 atom stereocenters. The van der Waals surface area contributed by atoms with Crippen molar-refractivity contribution in [2.75, 3.05) is 13.1 Å². The SMILES string of the molecule is C=CN=C(CN1CCn2nc(COC3=CC(F)=CCC3)cc2C1=O)C(=C)F. The van der Waals surface area contributed by atoms with Crippen molar-refractivity contribution >= 4 is 11.6 Å². The Bertz CT molecular complexity index is 867. The number of halogens is 2. The molecule has 0 spiro atoms. The molecule has 0 unspecified atom stereocenters. The van der Waals surface area contributed by atoms with Crippen molar-refractivity contribution in [2.24, 2.45) is 4.99 Å². The van der Waals surface area contributed by atoms with Crippen LogP contribution in [0.25, 0.3) is 0 Å². The van der Waals surface area contributed by atoms with Crippen LogP contribution in [0, 0.1) is 0 Å². The Balaban J connectivity index is 1.68. The van der Waals surface area contributed by atoms with Gasteiger partial charge in [-0.1, -0.05) is 13.2 Å². The van der Waals surface area contributed by atoms with Crippen LogP contribution < -0.4 is 0 Å². The number of amides is 1. The minimum Gasteiger partial charge on any atom is -0.491 e. The number of aromatic nitrogens is 2. The first-order valence-corrected chi connectivity index (χ1v) is 8.55. The van der Waals surface area contributed by atoms with Gasteiger partial charge < -0.3 is 9.64 Å². The molecule has 27 heavy (non-hydrogen) atoms. The fourth-order valence-electron chi connectivity index (χ4n) is 2.92. The number of fused-ring (bicyclic) bond motifs is 1. The minimum absolute atomic E-state index is 0.00962. The Hall–Kier alpha value is -3.03. The molecule has 1 aromatic heterocycles. The number of ether oxygens (including phenoxy) is 1. The Morgan fingerprint density at radius 1 is 1.44 bits per heavy atom. The monoisotopic (exact) mass is 374 g/mol. The highest BCUT2D eigenvalue weighted by Gasteiger charge is 2.28. The maximum Gasteiger partial charge on any atom is 0.272 e. The molecule has 0 N–H and O–H groups in total. The number of allylic oxidation sites excluding steroid dienone is 4. The molecule has 0 saturated heterocycles. The van der Waals surface area contributed by atoms with Gasteiger partial charge in [0.1, 0.15) is 29.6 Å². The highest BCUT2D eigenvalue weighted by Crippen LogP contribution is 2.21. The first-order chi connectivity index (χ1) is 13.0. The van der Waals surface area contributed by atoms with Crippen LogP contribution in [0.2, 0.25) is 0 Å². The smallest absolute Gasteiger partial charge is 0.272 e. The zero-order valence-electron chi connectivity index (χ0n) is 14.8. The third kappa shape index (κ3) is 4.39. The molecule has 0 bridgehead atoms. The number of rotatable bonds is 7. The lowest BCUT2D eigenvalue weighted by atomic mass is 10.1. The average Bonchev–Trinajstić information content (AvgIpc) is 3.06.